The van der Waals surface area contributed by atoms with E-state index >= 15 is 0 Å². The molecule has 4 aromatic carbocycles. The highest BCUT2D eigenvalue weighted by Crippen LogP contribution is 2.37. The topological polar surface area (TPSA) is 39.7 Å². The smallest absolute Gasteiger partial charge is 0.161 e. The summed E-state index contributed by atoms with van der Waals surface area (Å²) in [5.74, 6) is 2.22. The van der Waals surface area contributed by atoms with Crippen LogP contribution in [-0.2, 0) is 6.54 Å². The van der Waals surface area contributed by atoms with Crippen molar-refractivity contribution in [2.24, 2.45) is 0 Å². The SMILES string of the molecule is COc1ccc(-c2cc(CN[C@H](C)c3cccc4ccccc34)ccc2OC)cc1OC. The molecule has 0 saturated carbocycles. The normalized spacial score (nSPS) is 11.9. The monoisotopic (exact) mass is 427 g/mol. The molecule has 0 unspecified atom stereocenters. The summed E-state index contributed by atoms with van der Waals surface area (Å²) >= 11 is 0. The first-order valence-corrected chi connectivity index (χ1v) is 10.7. The van der Waals surface area contributed by atoms with E-state index in [0.29, 0.717) is 11.5 Å². The first kappa shape index (κ1) is 21.7. The van der Waals surface area contributed by atoms with Gasteiger partial charge in [0.2, 0.25) is 0 Å². The molecule has 4 rings (SSSR count). The summed E-state index contributed by atoms with van der Waals surface area (Å²) in [4.78, 5) is 0. The third kappa shape index (κ3) is 4.41. The van der Waals surface area contributed by atoms with Crippen LogP contribution >= 0.6 is 0 Å². The molecule has 1 atom stereocenters. The maximum absolute atomic E-state index is 5.64. The van der Waals surface area contributed by atoms with Gasteiger partial charge < -0.3 is 19.5 Å². The van der Waals surface area contributed by atoms with Crippen molar-refractivity contribution in [2.75, 3.05) is 21.3 Å². The minimum Gasteiger partial charge on any atom is -0.496 e. The largest absolute Gasteiger partial charge is 0.496 e. The Hall–Kier alpha value is -3.50. The van der Waals surface area contributed by atoms with Crippen LogP contribution in [0.4, 0.5) is 0 Å². The lowest BCUT2D eigenvalue weighted by molar-refractivity contribution is 0.355. The number of rotatable bonds is 8. The second-order valence-corrected chi connectivity index (χ2v) is 7.78. The van der Waals surface area contributed by atoms with E-state index in [-0.39, 0.29) is 6.04 Å². The number of fused-ring (bicyclic) bond motifs is 1. The second-order valence-electron chi connectivity index (χ2n) is 7.78. The molecule has 0 radical (unpaired) electrons. The van der Waals surface area contributed by atoms with Gasteiger partial charge in [0, 0.05) is 18.2 Å². The zero-order valence-electron chi connectivity index (χ0n) is 19.0. The Balaban J connectivity index is 1.59. The quantitative estimate of drug-likeness (QED) is 0.354. The van der Waals surface area contributed by atoms with E-state index in [1.54, 1.807) is 21.3 Å². The molecule has 4 aromatic rings. The lowest BCUT2D eigenvalue weighted by Crippen LogP contribution is -2.18. The molecule has 4 heteroatoms. The van der Waals surface area contributed by atoms with Gasteiger partial charge in [0.15, 0.2) is 11.5 Å². The van der Waals surface area contributed by atoms with Gasteiger partial charge in [-0.05, 0) is 58.7 Å². The van der Waals surface area contributed by atoms with Gasteiger partial charge in [0.25, 0.3) is 0 Å². The van der Waals surface area contributed by atoms with Crippen molar-refractivity contribution in [3.63, 3.8) is 0 Å². The molecule has 32 heavy (non-hydrogen) atoms. The Bertz CT molecular complexity index is 1210. The van der Waals surface area contributed by atoms with Crippen molar-refractivity contribution in [3.8, 4) is 28.4 Å². The zero-order chi connectivity index (χ0) is 22.5. The number of methoxy groups -OCH3 is 3. The molecule has 1 N–H and O–H groups in total. The summed E-state index contributed by atoms with van der Waals surface area (Å²) in [5.41, 5.74) is 4.52. The summed E-state index contributed by atoms with van der Waals surface area (Å²) in [6.45, 7) is 2.95. The fraction of sp³-hybridized carbons (Fsp3) is 0.214. The fourth-order valence-corrected chi connectivity index (χ4v) is 4.10. The molecule has 0 aliphatic carbocycles. The zero-order valence-corrected chi connectivity index (χ0v) is 19.0. The summed E-state index contributed by atoms with van der Waals surface area (Å²) in [7, 11) is 4.98. The third-order valence-corrected chi connectivity index (χ3v) is 5.86. The van der Waals surface area contributed by atoms with Crippen molar-refractivity contribution in [1.29, 1.82) is 0 Å². The van der Waals surface area contributed by atoms with Gasteiger partial charge in [-0.15, -0.1) is 0 Å². The number of benzene rings is 4. The van der Waals surface area contributed by atoms with Crippen LogP contribution in [0.2, 0.25) is 0 Å². The predicted molar refractivity (Wildman–Crippen MR) is 131 cm³/mol. The molecule has 0 bridgehead atoms. The highest BCUT2D eigenvalue weighted by Gasteiger charge is 2.13. The van der Waals surface area contributed by atoms with Crippen LogP contribution in [-0.4, -0.2) is 21.3 Å². The van der Waals surface area contributed by atoms with E-state index in [1.807, 2.05) is 24.3 Å². The van der Waals surface area contributed by atoms with Gasteiger partial charge in [-0.2, -0.15) is 0 Å². The van der Waals surface area contributed by atoms with Crippen molar-refractivity contribution < 1.29 is 14.2 Å². The molecule has 0 fully saturated rings. The highest BCUT2D eigenvalue weighted by atomic mass is 16.5. The first-order valence-electron chi connectivity index (χ1n) is 10.7. The predicted octanol–water partition coefficient (Wildman–Crippen LogP) is 6.38. The van der Waals surface area contributed by atoms with Crippen LogP contribution in [0.15, 0.2) is 78.9 Å². The molecule has 0 amide bonds. The van der Waals surface area contributed by atoms with Crippen LogP contribution in [0, 0.1) is 0 Å². The van der Waals surface area contributed by atoms with Crippen molar-refractivity contribution in [3.05, 3.63) is 90.0 Å². The lowest BCUT2D eigenvalue weighted by Gasteiger charge is -2.18. The first-order chi connectivity index (χ1) is 15.6. The van der Waals surface area contributed by atoms with Crippen LogP contribution in [0.1, 0.15) is 24.1 Å². The third-order valence-electron chi connectivity index (χ3n) is 5.86. The average molecular weight is 428 g/mol. The molecular weight excluding hydrogens is 398 g/mol. The Labute approximate surface area is 189 Å². The van der Waals surface area contributed by atoms with E-state index in [0.717, 1.165) is 23.4 Å². The van der Waals surface area contributed by atoms with Gasteiger partial charge in [-0.25, -0.2) is 0 Å². The summed E-state index contributed by atoms with van der Waals surface area (Å²) in [6.07, 6.45) is 0. The van der Waals surface area contributed by atoms with Crippen molar-refractivity contribution in [2.45, 2.75) is 19.5 Å². The molecule has 0 spiro atoms. The van der Waals surface area contributed by atoms with E-state index < -0.39 is 0 Å². The number of ether oxygens (including phenoxy) is 3. The molecule has 0 aliphatic heterocycles. The van der Waals surface area contributed by atoms with Crippen molar-refractivity contribution in [1.82, 2.24) is 5.32 Å². The highest BCUT2D eigenvalue weighted by molar-refractivity contribution is 5.86. The molecule has 164 valence electrons. The van der Waals surface area contributed by atoms with Crippen LogP contribution in [0.25, 0.3) is 21.9 Å². The van der Waals surface area contributed by atoms with E-state index in [2.05, 4.69) is 66.8 Å². The summed E-state index contributed by atoms with van der Waals surface area (Å²) in [6, 6.07) is 27.4. The van der Waals surface area contributed by atoms with E-state index in [4.69, 9.17) is 14.2 Å². The number of hydrogen-bond donors (Lipinski definition) is 1. The maximum atomic E-state index is 5.64. The minimum absolute atomic E-state index is 0.215. The molecule has 0 heterocycles. The number of hydrogen-bond acceptors (Lipinski definition) is 4. The van der Waals surface area contributed by atoms with Crippen LogP contribution in [0.3, 0.4) is 0 Å². The van der Waals surface area contributed by atoms with Crippen LogP contribution in [0.5, 0.6) is 17.2 Å². The van der Waals surface area contributed by atoms with Crippen LogP contribution < -0.4 is 19.5 Å². The molecular formula is C28H29NO3. The van der Waals surface area contributed by atoms with Gasteiger partial charge in [0.05, 0.1) is 21.3 Å². The summed E-state index contributed by atoms with van der Waals surface area (Å²) in [5, 5.41) is 6.23. The average Bonchev–Trinajstić information content (AvgIpc) is 2.86. The Morgan fingerprint density at radius 2 is 1.44 bits per heavy atom. The Kier molecular flexibility index (Phi) is 6.62. The summed E-state index contributed by atoms with van der Waals surface area (Å²) < 4.78 is 16.5. The fourth-order valence-electron chi connectivity index (χ4n) is 4.10. The Morgan fingerprint density at radius 1 is 0.719 bits per heavy atom. The maximum Gasteiger partial charge on any atom is 0.161 e. The van der Waals surface area contributed by atoms with Gasteiger partial charge in [-0.3, -0.25) is 0 Å². The van der Waals surface area contributed by atoms with Gasteiger partial charge >= 0.3 is 0 Å². The second kappa shape index (κ2) is 9.75. The minimum atomic E-state index is 0.215. The van der Waals surface area contributed by atoms with Gasteiger partial charge in [-0.1, -0.05) is 54.6 Å². The molecule has 0 aromatic heterocycles. The molecule has 0 saturated heterocycles. The lowest BCUT2D eigenvalue weighted by atomic mass is 9.99. The number of nitrogens with one attached hydrogen (secondary N) is 1. The standard InChI is InChI=1S/C28H29NO3/c1-19(23-11-7-9-21-8-5-6-10-24(21)23)29-18-20-12-14-26(30-2)25(16-20)22-13-15-27(31-3)28(17-22)32-4/h5-17,19,29H,18H2,1-4H3/t19-/m1/s1. The molecule has 4 nitrogen and oxygen atoms in total. The molecule has 0 aliphatic rings. The van der Waals surface area contributed by atoms with Gasteiger partial charge in [0.1, 0.15) is 5.75 Å². The Morgan fingerprint density at radius 3 is 2.22 bits per heavy atom. The van der Waals surface area contributed by atoms with E-state index in [9.17, 15) is 0 Å². The van der Waals surface area contributed by atoms with E-state index in [1.165, 1.54) is 21.9 Å². The van der Waals surface area contributed by atoms with Crippen molar-refractivity contribution >= 4 is 10.8 Å².